The second-order valence-corrected chi connectivity index (χ2v) is 4.35. The number of rotatable bonds is 2. The van der Waals surface area contributed by atoms with Crippen molar-refractivity contribution < 1.29 is 4.52 Å². The molecular weight excluding hydrogens is 178 g/mol. The van der Waals surface area contributed by atoms with E-state index in [-0.39, 0.29) is 12.0 Å². The molecule has 1 heterocycles. The third-order valence-electron chi connectivity index (χ3n) is 2.86. The molecule has 2 N–H and O–H groups in total. The van der Waals surface area contributed by atoms with Crippen LogP contribution < -0.4 is 5.73 Å². The minimum Gasteiger partial charge on any atom is -0.339 e. The fraction of sp³-hybridized carbons (Fsp3) is 0.800. The van der Waals surface area contributed by atoms with Gasteiger partial charge < -0.3 is 10.3 Å². The molecule has 1 aliphatic carbocycles. The molecule has 0 radical (unpaired) electrons. The summed E-state index contributed by atoms with van der Waals surface area (Å²) in [4.78, 5) is 4.38. The van der Waals surface area contributed by atoms with Gasteiger partial charge in [0.05, 0.1) is 5.92 Å². The lowest BCUT2D eigenvalue weighted by Crippen LogP contribution is -2.22. The Morgan fingerprint density at radius 3 is 2.71 bits per heavy atom. The Labute approximate surface area is 83.9 Å². The molecule has 0 aromatic carbocycles. The SMILES string of the molecule is CC(C)c1noc([C@H]2CCC[C@H]2N)n1. The summed E-state index contributed by atoms with van der Waals surface area (Å²) in [6.07, 6.45) is 3.33. The summed E-state index contributed by atoms with van der Waals surface area (Å²) < 4.78 is 5.24. The van der Waals surface area contributed by atoms with E-state index in [1.807, 2.05) is 0 Å². The van der Waals surface area contributed by atoms with Crippen LogP contribution in [0.5, 0.6) is 0 Å². The first-order chi connectivity index (χ1) is 6.68. The van der Waals surface area contributed by atoms with Crippen molar-refractivity contribution in [2.24, 2.45) is 5.73 Å². The lowest BCUT2D eigenvalue weighted by atomic mass is 10.0. The van der Waals surface area contributed by atoms with Gasteiger partial charge in [-0.2, -0.15) is 4.98 Å². The highest BCUT2D eigenvalue weighted by Crippen LogP contribution is 2.32. The molecule has 0 spiro atoms. The van der Waals surface area contributed by atoms with E-state index in [2.05, 4.69) is 24.0 Å². The zero-order valence-corrected chi connectivity index (χ0v) is 8.73. The average molecular weight is 195 g/mol. The number of aromatic nitrogens is 2. The first-order valence-corrected chi connectivity index (χ1v) is 5.27. The van der Waals surface area contributed by atoms with E-state index >= 15 is 0 Å². The molecule has 1 aromatic rings. The molecule has 2 rings (SSSR count). The highest BCUT2D eigenvalue weighted by atomic mass is 16.5. The van der Waals surface area contributed by atoms with Crippen LogP contribution in [0, 0.1) is 0 Å². The Morgan fingerprint density at radius 2 is 2.21 bits per heavy atom. The van der Waals surface area contributed by atoms with Crippen LogP contribution in [0.4, 0.5) is 0 Å². The van der Waals surface area contributed by atoms with Gasteiger partial charge in [0, 0.05) is 12.0 Å². The van der Waals surface area contributed by atoms with Crippen LogP contribution in [0.15, 0.2) is 4.52 Å². The largest absolute Gasteiger partial charge is 0.339 e. The topological polar surface area (TPSA) is 64.9 Å². The zero-order chi connectivity index (χ0) is 10.1. The second kappa shape index (κ2) is 3.69. The first-order valence-electron chi connectivity index (χ1n) is 5.27. The summed E-state index contributed by atoms with van der Waals surface area (Å²) in [5, 5.41) is 3.95. The quantitative estimate of drug-likeness (QED) is 0.781. The summed E-state index contributed by atoms with van der Waals surface area (Å²) in [6.45, 7) is 4.12. The van der Waals surface area contributed by atoms with E-state index in [9.17, 15) is 0 Å². The molecule has 78 valence electrons. The first kappa shape index (κ1) is 9.65. The summed E-state index contributed by atoms with van der Waals surface area (Å²) >= 11 is 0. The molecule has 0 bridgehead atoms. The molecule has 0 saturated heterocycles. The van der Waals surface area contributed by atoms with Crippen molar-refractivity contribution in [2.45, 2.75) is 51.0 Å². The summed E-state index contributed by atoms with van der Waals surface area (Å²) in [5.74, 6) is 2.14. The van der Waals surface area contributed by atoms with Crippen molar-refractivity contribution in [3.05, 3.63) is 11.7 Å². The van der Waals surface area contributed by atoms with Crippen LogP contribution in [0.2, 0.25) is 0 Å². The van der Waals surface area contributed by atoms with E-state index in [4.69, 9.17) is 10.3 Å². The maximum atomic E-state index is 5.97. The number of hydrogen-bond donors (Lipinski definition) is 1. The third-order valence-corrected chi connectivity index (χ3v) is 2.86. The Morgan fingerprint density at radius 1 is 1.43 bits per heavy atom. The fourth-order valence-corrected chi connectivity index (χ4v) is 1.93. The molecule has 14 heavy (non-hydrogen) atoms. The van der Waals surface area contributed by atoms with Crippen LogP contribution in [0.3, 0.4) is 0 Å². The maximum Gasteiger partial charge on any atom is 0.231 e. The van der Waals surface area contributed by atoms with Crippen LogP contribution in [-0.4, -0.2) is 16.2 Å². The van der Waals surface area contributed by atoms with Gasteiger partial charge >= 0.3 is 0 Å². The second-order valence-electron chi connectivity index (χ2n) is 4.35. The summed E-state index contributed by atoms with van der Waals surface area (Å²) in [5.41, 5.74) is 5.97. The van der Waals surface area contributed by atoms with E-state index in [0.29, 0.717) is 5.92 Å². The van der Waals surface area contributed by atoms with E-state index in [1.165, 1.54) is 6.42 Å². The van der Waals surface area contributed by atoms with Crippen molar-refractivity contribution in [1.82, 2.24) is 10.1 Å². The molecule has 4 nitrogen and oxygen atoms in total. The van der Waals surface area contributed by atoms with Gasteiger partial charge in [-0.25, -0.2) is 0 Å². The van der Waals surface area contributed by atoms with Crippen molar-refractivity contribution in [2.75, 3.05) is 0 Å². The van der Waals surface area contributed by atoms with Gasteiger partial charge in [-0.05, 0) is 12.8 Å². The molecule has 2 atom stereocenters. The molecule has 0 unspecified atom stereocenters. The highest BCUT2D eigenvalue weighted by Gasteiger charge is 2.30. The van der Waals surface area contributed by atoms with Crippen LogP contribution in [0.1, 0.15) is 56.7 Å². The standard InChI is InChI=1S/C10H17N3O/c1-6(2)9-12-10(14-13-9)7-4-3-5-8(7)11/h6-8H,3-5,11H2,1-2H3/t7-,8+/m0/s1. The number of nitrogens with zero attached hydrogens (tertiary/aromatic N) is 2. The van der Waals surface area contributed by atoms with E-state index < -0.39 is 0 Å². The smallest absolute Gasteiger partial charge is 0.231 e. The fourth-order valence-electron chi connectivity index (χ4n) is 1.93. The number of hydrogen-bond acceptors (Lipinski definition) is 4. The van der Waals surface area contributed by atoms with Gasteiger partial charge in [0.15, 0.2) is 5.82 Å². The molecule has 0 aliphatic heterocycles. The molecule has 1 saturated carbocycles. The Bertz CT molecular complexity index is 308. The van der Waals surface area contributed by atoms with Gasteiger partial charge in [-0.15, -0.1) is 0 Å². The van der Waals surface area contributed by atoms with Crippen LogP contribution >= 0.6 is 0 Å². The van der Waals surface area contributed by atoms with Gasteiger partial charge in [0.2, 0.25) is 5.89 Å². The van der Waals surface area contributed by atoms with Gasteiger partial charge in [0.1, 0.15) is 0 Å². The molecule has 1 aromatic heterocycles. The Kier molecular flexibility index (Phi) is 2.54. The van der Waals surface area contributed by atoms with Gasteiger partial charge in [-0.3, -0.25) is 0 Å². The molecular formula is C10H17N3O. The predicted octanol–water partition coefficient (Wildman–Crippen LogP) is 1.79. The molecule has 0 amide bonds. The minimum atomic E-state index is 0.204. The molecule has 1 fully saturated rings. The zero-order valence-electron chi connectivity index (χ0n) is 8.73. The summed E-state index contributed by atoms with van der Waals surface area (Å²) in [7, 11) is 0. The molecule has 1 aliphatic rings. The van der Waals surface area contributed by atoms with E-state index in [0.717, 1.165) is 24.6 Å². The lowest BCUT2D eigenvalue weighted by molar-refractivity contribution is 0.340. The Hall–Kier alpha value is -0.900. The lowest BCUT2D eigenvalue weighted by Gasteiger charge is -2.08. The predicted molar refractivity (Wildman–Crippen MR) is 53.0 cm³/mol. The average Bonchev–Trinajstić information content (AvgIpc) is 2.71. The summed E-state index contributed by atoms with van der Waals surface area (Å²) in [6, 6.07) is 0.204. The van der Waals surface area contributed by atoms with Crippen molar-refractivity contribution in [1.29, 1.82) is 0 Å². The van der Waals surface area contributed by atoms with Gasteiger partial charge in [0.25, 0.3) is 0 Å². The number of nitrogens with two attached hydrogens (primary N) is 1. The Balaban J connectivity index is 2.16. The van der Waals surface area contributed by atoms with Crippen molar-refractivity contribution in [3.63, 3.8) is 0 Å². The van der Waals surface area contributed by atoms with Gasteiger partial charge in [-0.1, -0.05) is 25.4 Å². The van der Waals surface area contributed by atoms with Crippen LogP contribution in [-0.2, 0) is 0 Å². The third kappa shape index (κ3) is 1.66. The van der Waals surface area contributed by atoms with Crippen molar-refractivity contribution in [3.8, 4) is 0 Å². The van der Waals surface area contributed by atoms with Crippen LogP contribution in [0.25, 0.3) is 0 Å². The minimum absolute atomic E-state index is 0.204. The van der Waals surface area contributed by atoms with Crippen molar-refractivity contribution >= 4 is 0 Å². The normalized spacial score (nSPS) is 27.4. The highest BCUT2D eigenvalue weighted by molar-refractivity contribution is 5.03. The maximum absolute atomic E-state index is 5.97. The monoisotopic (exact) mass is 195 g/mol. The van der Waals surface area contributed by atoms with E-state index in [1.54, 1.807) is 0 Å². The molecule has 4 heteroatoms.